The fourth-order valence-electron chi connectivity index (χ4n) is 1.60. The van der Waals surface area contributed by atoms with E-state index in [4.69, 9.17) is 0 Å². The van der Waals surface area contributed by atoms with Crippen LogP contribution in [0.1, 0.15) is 12.8 Å². The molecule has 1 aromatic carbocycles. The van der Waals surface area contributed by atoms with E-state index in [1.54, 1.807) is 30.3 Å². The quantitative estimate of drug-likeness (QED) is 0.639. The summed E-state index contributed by atoms with van der Waals surface area (Å²) in [5.74, 6) is 0.168. The van der Waals surface area contributed by atoms with Crippen molar-refractivity contribution in [2.45, 2.75) is 36.9 Å². The van der Waals surface area contributed by atoms with Crippen molar-refractivity contribution in [2.75, 3.05) is 5.75 Å². The summed E-state index contributed by atoms with van der Waals surface area (Å²) in [6.45, 7) is 3.75. The SMILES string of the molecule is C[Si](C)(O)CCCCS(=O)(=O)c1ccccc1. The summed E-state index contributed by atoms with van der Waals surface area (Å²) in [6, 6.07) is 9.28. The van der Waals surface area contributed by atoms with Gasteiger partial charge < -0.3 is 4.80 Å². The Labute approximate surface area is 105 Å². The van der Waals surface area contributed by atoms with Gasteiger partial charge in [-0.3, -0.25) is 0 Å². The molecule has 96 valence electrons. The molecule has 0 spiro atoms. The highest BCUT2D eigenvalue weighted by molar-refractivity contribution is 7.91. The van der Waals surface area contributed by atoms with Crippen LogP contribution in [0.15, 0.2) is 35.2 Å². The summed E-state index contributed by atoms with van der Waals surface area (Å²) in [5, 5.41) is 0. The van der Waals surface area contributed by atoms with Crippen molar-refractivity contribution >= 4 is 18.2 Å². The van der Waals surface area contributed by atoms with E-state index in [2.05, 4.69) is 0 Å². The van der Waals surface area contributed by atoms with Crippen molar-refractivity contribution in [3.05, 3.63) is 30.3 Å². The van der Waals surface area contributed by atoms with Crippen molar-refractivity contribution in [1.82, 2.24) is 0 Å². The Morgan fingerprint density at radius 2 is 1.71 bits per heavy atom. The lowest BCUT2D eigenvalue weighted by Crippen LogP contribution is -2.24. The third kappa shape index (κ3) is 5.47. The van der Waals surface area contributed by atoms with E-state index in [1.165, 1.54) is 0 Å². The van der Waals surface area contributed by atoms with Crippen LogP contribution in [0.5, 0.6) is 0 Å². The van der Waals surface area contributed by atoms with Gasteiger partial charge in [0.05, 0.1) is 10.6 Å². The molecule has 0 aliphatic carbocycles. The number of sulfone groups is 1. The second kappa shape index (κ2) is 5.80. The van der Waals surface area contributed by atoms with Crippen molar-refractivity contribution in [3.8, 4) is 0 Å². The molecule has 0 radical (unpaired) electrons. The summed E-state index contributed by atoms with van der Waals surface area (Å²) >= 11 is 0. The minimum absolute atomic E-state index is 0.168. The van der Waals surface area contributed by atoms with Crippen LogP contribution >= 0.6 is 0 Å². The van der Waals surface area contributed by atoms with Crippen LogP contribution in [0, 0.1) is 0 Å². The normalized spacial score (nSPS) is 12.6. The standard InChI is InChI=1S/C12H20O3SSi/c1-17(2,15)11-7-6-10-16(13,14)12-8-4-3-5-9-12/h3-5,8-9,15H,6-7,10-11H2,1-2H3. The molecule has 0 amide bonds. The lowest BCUT2D eigenvalue weighted by Gasteiger charge is -2.13. The van der Waals surface area contributed by atoms with Gasteiger partial charge in [0.2, 0.25) is 0 Å². The average Bonchev–Trinajstić information content (AvgIpc) is 2.25. The Hall–Kier alpha value is -0.653. The molecule has 3 nitrogen and oxygen atoms in total. The van der Waals surface area contributed by atoms with Gasteiger partial charge in [-0.1, -0.05) is 24.6 Å². The van der Waals surface area contributed by atoms with Crippen LogP contribution in [-0.4, -0.2) is 27.3 Å². The predicted octanol–water partition coefficient (Wildman–Crippen LogP) is 2.44. The molecule has 17 heavy (non-hydrogen) atoms. The van der Waals surface area contributed by atoms with Gasteiger partial charge in [-0.05, 0) is 37.7 Å². The van der Waals surface area contributed by atoms with E-state index < -0.39 is 18.2 Å². The summed E-state index contributed by atoms with van der Waals surface area (Å²) in [7, 11) is -5.17. The molecule has 0 atom stereocenters. The molecule has 0 aromatic heterocycles. The molecule has 0 fully saturated rings. The fourth-order valence-corrected chi connectivity index (χ4v) is 4.10. The first kappa shape index (κ1) is 14.4. The van der Waals surface area contributed by atoms with Crippen LogP contribution in [0.3, 0.4) is 0 Å². The number of benzene rings is 1. The molecule has 0 bridgehead atoms. The topological polar surface area (TPSA) is 54.4 Å². The molecular formula is C12H20O3SSi. The summed E-state index contributed by atoms with van der Waals surface area (Å²) in [6.07, 6.45) is 1.40. The van der Waals surface area contributed by atoms with Crippen LogP contribution < -0.4 is 0 Å². The Kier molecular flexibility index (Phi) is 4.91. The molecule has 0 heterocycles. The minimum Gasteiger partial charge on any atom is -0.432 e. The maximum absolute atomic E-state index is 11.9. The third-order valence-electron chi connectivity index (χ3n) is 2.55. The largest absolute Gasteiger partial charge is 0.432 e. The first-order valence-corrected chi connectivity index (χ1v) is 10.6. The molecule has 0 aliphatic heterocycles. The van der Waals surface area contributed by atoms with Crippen LogP contribution in [0.4, 0.5) is 0 Å². The Balaban J connectivity index is 2.47. The highest BCUT2D eigenvalue weighted by atomic mass is 32.2. The van der Waals surface area contributed by atoms with E-state index in [1.807, 2.05) is 13.1 Å². The molecular weight excluding hydrogens is 252 g/mol. The van der Waals surface area contributed by atoms with Crippen molar-refractivity contribution < 1.29 is 13.2 Å². The predicted molar refractivity (Wildman–Crippen MR) is 72.2 cm³/mol. The van der Waals surface area contributed by atoms with E-state index in [0.717, 1.165) is 12.5 Å². The van der Waals surface area contributed by atoms with Gasteiger partial charge in [0.15, 0.2) is 18.2 Å². The summed E-state index contributed by atoms with van der Waals surface area (Å²) in [4.78, 5) is 10.0. The van der Waals surface area contributed by atoms with Gasteiger partial charge in [-0.25, -0.2) is 8.42 Å². The van der Waals surface area contributed by atoms with Crippen LogP contribution in [0.25, 0.3) is 0 Å². The van der Waals surface area contributed by atoms with Gasteiger partial charge in [0.1, 0.15) is 0 Å². The maximum atomic E-state index is 11.9. The second-order valence-electron chi connectivity index (χ2n) is 4.90. The zero-order valence-electron chi connectivity index (χ0n) is 10.4. The molecule has 0 aliphatic rings. The highest BCUT2D eigenvalue weighted by Crippen LogP contribution is 2.15. The first-order valence-electron chi connectivity index (χ1n) is 5.81. The zero-order chi connectivity index (χ0) is 12.9. The summed E-state index contributed by atoms with van der Waals surface area (Å²) in [5.41, 5.74) is 0. The number of hydrogen-bond acceptors (Lipinski definition) is 3. The lowest BCUT2D eigenvalue weighted by atomic mass is 10.4. The van der Waals surface area contributed by atoms with E-state index >= 15 is 0 Å². The minimum atomic E-state index is -3.14. The maximum Gasteiger partial charge on any atom is 0.182 e. The van der Waals surface area contributed by atoms with Crippen LogP contribution in [-0.2, 0) is 9.84 Å². The number of rotatable bonds is 6. The monoisotopic (exact) mass is 272 g/mol. The van der Waals surface area contributed by atoms with Gasteiger partial charge >= 0.3 is 0 Å². The van der Waals surface area contributed by atoms with Crippen LogP contribution in [0.2, 0.25) is 19.1 Å². The Morgan fingerprint density at radius 3 is 2.24 bits per heavy atom. The molecule has 1 N–H and O–H groups in total. The van der Waals surface area contributed by atoms with Crippen molar-refractivity contribution in [2.24, 2.45) is 0 Å². The number of unbranched alkanes of at least 4 members (excludes halogenated alkanes) is 1. The van der Waals surface area contributed by atoms with E-state index in [-0.39, 0.29) is 5.75 Å². The lowest BCUT2D eigenvalue weighted by molar-refractivity contribution is 0.542. The smallest absolute Gasteiger partial charge is 0.182 e. The zero-order valence-corrected chi connectivity index (χ0v) is 12.2. The second-order valence-corrected chi connectivity index (χ2v) is 11.1. The molecule has 0 saturated heterocycles. The third-order valence-corrected chi connectivity index (χ3v) is 5.95. The number of hydrogen-bond donors (Lipinski definition) is 1. The molecule has 1 rings (SSSR count). The molecule has 1 aromatic rings. The van der Waals surface area contributed by atoms with E-state index in [0.29, 0.717) is 11.3 Å². The Bertz CT molecular complexity index is 435. The average molecular weight is 272 g/mol. The van der Waals surface area contributed by atoms with Crippen molar-refractivity contribution in [1.29, 1.82) is 0 Å². The fraction of sp³-hybridized carbons (Fsp3) is 0.500. The molecule has 5 heteroatoms. The van der Waals surface area contributed by atoms with Gasteiger partial charge in [-0.2, -0.15) is 0 Å². The van der Waals surface area contributed by atoms with Gasteiger partial charge in [-0.15, -0.1) is 0 Å². The molecule has 0 unspecified atom stereocenters. The molecule has 0 saturated carbocycles. The van der Waals surface area contributed by atoms with Gasteiger partial charge in [0.25, 0.3) is 0 Å². The van der Waals surface area contributed by atoms with Crippen molar-refractivity contribution in [3.63, 3.8) is 0 Å². The summed E-state index contributed by atoms with van der Waals surface area (Å²) < 4.78 is 23.8. The first-order chi connectivity index (χ1) is 7.81. The Morgan fingerprint density at radius 1 is 1.12 bits per heavy atom. The van der Waals surface area contributed by atoms with Gasteiger partial charge in [0, 0.05) is 0 Å². The highest BCUT2D eigenvalue weighted by Gasteiger charge is 2.18. The van der Waals surface area contributed by atoms with E-state index in [9.17, 15) is 13.2 Å².